The summed E-state index contributed by atoms with van der Waals surface area (Å²) in [6, 6.07) is 8.58. The summed E-state index contributed by atoms with van der Waals surface area (Å²) < 4.78 is 5.77. The molecule has 0 amide bonds. The second-order valence-electron chi connectivity index (χ2n) is 5.75. The highest BCUT2D eigenvalue weighted by Crippen LogP contribution is 2.28. The lowest BCUT2D eigenvalue weighted by molar-refractivity contribution is 0.305. The summed E-state index contributed by atoms with van der Waals surface area (Å²) in [4.78, 5) is 0. The Bertz CT molecular complexity index is 343. The smallest absolute Gasteiger partial charge is 0.119 e. The summed E-state index contributed by atoms with van der Waals surface area (Å²) >= 11 is 4.21. The fourth-order valence-corrected chi connectivity index (χ4v) is 2.19. The van der Waals surface area contributed by atoms with Crippen molar-refractivity contribution >= 4 is 12.6 Å². The van der Waals surface area contributed by atoms with Crippen LogP contribution in [-0.4, -0.2) is 12.4 Å². The first kappa shape index (κ1) is 16.4. The van der Waals surface area contributed by atoms with E-state index >= 15 is 0 Å². The van der Waals surface area contributed by atoms with Gasteiger partial charge in [-0.2, -0.15) is 12.6 Å². The van der Waals surface area contributed by atoms with E-state index in [4.69, 9.17) is 4.74 Å². The van der Waals surface area contributed by atoms with Crippen LogP contribution in [0.4, 0.5) is 0 Å². The molecule has 108 valence electrons. The Labute approximate surface area is 124 Å². The molecule has 1 aromatic rings. The molecule has 0 atom stereocenters. The van der Waals surface area contributed by atoms with Gasteiger partial charge >= 0.3 is 0 Å². The monoisotopic (exact) mass is 280 g/mol. The van der Waals surface area contributed by atoms with Crippen LogP contribution in [0.1, 0.15) is 58.4 Å². The van der Waals surface area contributed by atoms with Crippen molar-refractivity contribution in [2.24, 2.45) is 0 Å². The molecular weight excluding hydrogens is 252 g/mol. The molecule has 0 heterocycles. The lowest BCUT2D eigenvalue weighted by Crippen LogP contribution is -2.15. The SMILES string of the molecule is CCC(C)(C)c1ccc(OCCCCCCS)cc1. The molecule has 0 saturated carbocycles. The standard InChI is InChI=1S/C17H28OS/c1-4-17(2,3)15-9-11-16(12-10-15)18-13-7-5-6-8-14-19/h9-12,19H,4-8,13-14H2,1-3H3. The molecule has 0 radical (unpaired) electrons. The van der Waals surface area contributed by atoms with Gasteiger partial charge in [0.1, 0.15) is 5.75 Å². The van der Waals surface area contributed by atoms with E-state index in [1.165, 1.54) is 24.8 Å². The third kappa shape index (κ3) is 5.90. The Balaban J connectivity index is 2.32. The Hall–Kier alpha value is -0.630. The van der Waals surface area contributed by atoms with E-state index in [0.717, 1.165) is 31.0 Å². The summed E-state index contributed by atoms with van der Waals surface area (Å²) in [5.41, 5.74) is 1.64. The molecule has 0 aliphatic heterocycles. The molecule has 1 nitrogen and oxygen atoms in total. The topological polar surface area (TPSA) is 9.23 Å². The summed E-state index contributed by atoms with van der Waals surface area (Å²) in [5.74, 6) is 1.99. The highest BCUT2D eigenvalue weighted by molar-refractivity contribution is 7.80. The minimum absolute atomic E-state index is 0.255. The van der Waals surface area contributed by atoms with Crippen molar-refractivity contribution in [3.8, 4) is 5.75 Å². The second-order valence-corrected chi connectivity index (χ2v) is 6.20. The summed E-state index contributed by atoms with van der Waals surface area (Å²) in [7, 11) is 0. The highest BCUT2D eigenvalue weighted by atomic mass is 32.1. The summed E-state index contributed by atoms with van der Waals surface area (Å²) in [6.45, 7) is 7.62. The van der Waals surface area contributed by atoms with E-state index in [1.807, 2.05) is 0 Å². The van der Waals surface area contributed by atoms with Crippen LogP contribution in [0.25, 0.3) is 0 Å². The molecule has 0 aromatic heterocycles. The maximum Gasteiger partial charge on any atom is 0.119 e. The molecule has 19 heavy (non-hydrogen) atoms. The molecule has 0 saturated heterocycles. The van der Waals surface area contributed by atoms with Gasteiger partial charge in [0.15, 0.2) is 0 Å². The largest absolute Gasteiger partial charge is 0.494 e. The van der Waals surface area contributed by atoms with Crippen LogP contribution in [0, 0.1) is 0 Å². The van der Waals surface area contributed by atoms with E-state index < -0.39 is 0 Å². The summed E-state index contributed by atoms with van der Waals surface area (Å²) in [5, 5.41) is 0. The molecule has 0 aliphatic carbocycles. The number of benzene rings is 1. The molecule has 0 aliphatic rings. The molecule has 1 rings (SSSR count). The van der Waals surface area contributed by atoms with Gasteiger partial charge in [0.25, 0.3) is 0 Å². The molecule has 2 heteroatoms. The first-order valence-electron chi connectivity index (χ1n) is 7.44. The zero-order valence-electron chi connectivity index (χ0n) is 12.6. The zero-order valence-corrected chi connectivity index (χ0v) is 13.5. The van der Waals surface area contributed by atoms with Crippen LogP contribution in [0.15, 0.2) is 24.3 Å². The van der Waals surface area contributed by atoms with Gasteiger partial charge < -0.3 is 4.74 Å². The van der Waals surface area contributed by atoms with Crippen molar-refractivity contribution in [1.29, 1.82) is 0 Å². The zero-order chi connectivity index (χ0) is 14.1. The van der Waals surface area contributed by atoms with Gasteiger partial charge in [0, 0.05) is 0 Å². The van der Waals surface area contributed by atoms with Crippen molar-refractivity contribution in [2.75, 3.05) is 12.4 Å². The van der Waals surface area contributed by atoms with Crippen molar-refractivity contribution in [1.82, 2.24) is 0 Å². The molecule has 0 fully saturated rings. The van der Waals surface area contributed by atoms with Crippen LogP contribution in [0.3, 0.4) is 0 Å². The second kappa shape index (κ2) is 8.52. The molecule has 0 bridgehead atoms. The van der Waals surface area contributed by atoms with E-state index in [-0.39, 0.29) is 5.41 Å². The van der Waals surface area contributed by atoms with Gasteiger partial charge in [-0.25, -0.2) is 0 Å². The van der Waals surface area contributed by atoms with Gasteiger partial charge in [0.2, 0.25) is 0 Å². The predicted octanol–water partition coefficient (Wildman–Crippen LogP) is 5.24. The number of hydrogen-bond acceptors (Lipinski definition) is 2. The first-order chi connectivity index (χ1) is 9.10. The number of thiol groups is 1. The highest BCUT2D eigenvalue weighted by Gasteiger charge is 2.17. The van der Waals surface area contributed by atoms with Crippen LogP contribution in [-0.2, 0) is 5.41 Å². The predicted molar refractivity (Wildman–Crippen MR) is 87.6 cm³/mol. The number of ether oxygens (including phenoxy) is 1. The van der Waals surface area contributed by atoms with Gasteiger partial charge in [-0.15, -0.1) is 0 Å². The number of unbranched alkanes of at least 4 members (excludes halogenated alkanes) is 3. The fourth-order valence-electron chi connectivity index (χ4n) is 1.96. The van der Waals surface area contributed by atoms with Crippen molar-refractivity contribution < 1.29 is 4.74 Å². The van der Waals surface area contributed by atoms with Gasteiger partial charge in [0.05, 0.1) is 6.61 Å². The minimum atomic E-state index is 0.255. The third-order valence-corrected chi connectivity index (χ3v) is 4.16. The van der Waals surface area contributed by atoms with Gasteiger partial charge in [-0.3, -0.25) is 0 Å². The fraction of sp³-hybridized carbons (Fsp3) is 0.647. The average molecular weight is 280 g/mol. The Morgan fingerprint density at radius 2 is 1.63 bits per heavy atom. The van der Waals surface area contributed by atoms with E-state index in [1.54, 1.807) is 0 Å². The van der Waals surface area contributed by atoms with Crippen LogP contribution in [0.5, 0.6) is 5.75 Å². The van der Waals surface area contributed by atoms with E-state index in [2.05, 4.69) is 57.7 Å². The Kier molecular flexibility index (Phi) is 7.37. The molecule has 0 spiro atoms. The third-order valence-electron chi connectivity index (χ3n) is 3.84. The lowest BCUT2D eigenvalue weighted by Gasteiger charge is -2.23. The van der Waals surface area contributed by atoms with Crippen molar-refractivity contribution in [3.05, 3.63) is 29.8 Å². The number of hydrogen-bond donors (Lipinski definition) is 1. The minimum Gasteiger partial charge on any atom is -0.494 e. The number of rotatable bonds is 9. The maximum absolute atomic E-state index is 5.77. The molecular formula is C17H28OS. The van der Waals surface area contributed by atoms with E-state index in [9.17, 15) is 0 Å². The Morgan fingerprint density at radius 3 is 2.21 bits per heavy atom. The first-order valence-corrected chi connectivity index (χ1v) is 8.07. The van der Waals surface area contributed by atoms with Gasteiger partial charge in [-0.05, 0) is 48.1 Å². The van der Waals surface area contributed by atoms with E-state index in [0.29, 0.717) is 0 Å². The van der Waals surface area contributed by atoms with Crippen molar-refractivity contribution in [2.45, 2.75) is 58.3 Å². The van der Waals surface area contributed by atoms with Crippen LogP contribution < -0.4 is 4.74 Å². The summed E-state index contributed by atoms with van der Waals surface area (Å²) in [6.07, 6.45) is 6.00. The normalized spacial score (nSPS) is 11.6. The Morgan fingerprint density at radius 1 is 1.00 bits per heavy atom. The van der Waals surface area contributed by atoms with Crippen molar-refractivity contribution in [3.63, 3.8) is 0 Å². The molecule has 1 aromatic carbocycles. The maximum atomic E-state index is 5.77. The van der Waals surface area contributed by atoms with Crippen LogP contribution in [0.2, 0.25) is 0 Å². The molecule has 0 unspecified atom stereocenters. The molecule has 0 N–H and O–H groups in total. The van der Waals surface area contributed by atoms with Gasteiger partial charge in [-0.1, -0.05) is 45.7 Å². The average Bonchev–Trinajstić information content (AvgIpc) is 2.43. The quantitative estimate of drug-likeness (QED) is 0.480. The van der Waals surface area contributed by atoms with Crippen LogP contribution >= 0.6 is 12.6 Å². The lowest BCUT2D eigenvalue weighted by atomic mass is 9.82.